The third-order valence-electron chi connectivity index (χ3n) is 4.66. The molecule has 2 rings (SSSR count). The van der Waals surface area contributed by atoms with E-state index in [4.69, 9.17) is 17.3 Å². The van der Waals surface area contributed by atoms with Gasteiger partial charge in [0.25, 0.3) is 0 Å². The predicted molar refractivity (Wildman–Crippen MR) is 83.4 cm³/mol. The van der Waals surface area contributed by atoms with Gasteiger partial charge in [0.1, 0.15) is 5.82 Å². The van der Waals surface area contributed by atoms with Gasteiger partial charge in [0.15, 0.2) is 0 Å². The molecule has 1 aromatic carbocycles. The van der Waals surface area contributed by atoms with Crippen molar-refractivity contribution in [2.45, 2.75) is 58.4 Å². The fourth-order valence-corrected chi connectivity index (χ4v) is 3.92. The molecule has 1 fully saturated rings. The molecule has 1 atom stereocenters. The summed E-state index contributed by atoms with van der Waals surface area (Å²) in [5.74, 6) is 0.403. The lowest BCUT2D eigenvalue weighted by atomic mass is 9.71. The van der Waals surface area contributed by atoms with Crippen LogP contribution in [0.5, 0.6) is 0 Å². The largest absolute Gasteiger partial charge is 0.327 e. The van der Waals surface area contributed by atoms with Gasteiger partial charge in [-0.2, -0.15) is 0 Å². The Bertz CT molecular complexity index is 452. The highest BCUT2D eigenvalue weighted by molar-refractivity contribution is 6.30. The molecule has 1 aliphatic rings. The highest BCUT2D eigenvalue weighted by Crippen LogP contribution is 2.46. The summed E-state index contributed by atoms with van der Waals surface area (Å²) in [5, 5.41) is 0.442. The van der Waals surface area contributed by atoms with E-state index in [0.29, 0.717) is 22.9 Å². The average Bonchev–Trinajstić information content (AvgIpc) is 2.81. The van der Waals surface area contributed by atoms with Crippen molar-refractivity contribution in [3.63, 3.8) is 0 Å². The molecule has 0 bridgehead atoms. The molecule has 0 amide bonds. The maximum Gasteiger partial charge on any atom is 0.127 e. The average molecular weight is 298 g/mol. The molecule has 1 nitrogen and oxygen atoms in total. The SMILES string of the molecule is CC(C)CC1(C(N)Cc2ccc(Cl)cc2F)CCCC1. The summed E-state index contributed by atoms with van der Waals surface area (Å²) in [6, 6.07) is 4.93. The van der Waals surface area contributed by atoms with Crippen molar-refractivity contribution in [2.24, 2.45) is 17.1 Å². The van der Waals surface area contributed by atoms with Gasteiger partial charge in [-0.3, -0.25) is 0 Å². The number of hydrogen-bond acceptors (Lipinski definition) is 1. The zero-order valence-electron chi connectivity index (χ0n) is 12.5. The fraction of sp³-hybridized carbons (Fsp3) is 0.647. The van der Waals surface area contributed by atoms with Crippen molar-refractivity contribution in [3.05, 3.63) is 34.6 Å². The summed E-state index contributed by atoms with van der Waals surface area (Å²) < 4.78 is 13.9. The minimum absolute atomic E-state index is 0.0306. The van der Waals surface area contributed by atoms with Crippen LogP contribution in [0.1, 0.15) is 51.5 Å². The molecule has 0 saturated heterocycles. The highest BCUT2D eigenvalue weighted by Gasteiger charge is 2.39. The Kier molecular flexibility index (Phi) is 5.09. The van der Waals surface area contributed by atoms with Crippen LogP contribution in [0.4, 0.5) is 4.39 Å². The van der Waals surface area contributed by atoms with Gasteiger partial charge in [0.05, 0.1) is 0 Å². The van der Waals surface area contributed by atoms with Crippen LogP contribution in [-0.2, 0) is 6.42 Å². The van der Waals surface area contributed by atoms with E-state index in [1.165, 1.54) is 31.7 Å². The van der Waals surface area contributed by atoms with Crippen LogP contribution in [0.2, 0.25) is 5.02 Å². The number of nitrogens with two attached hydrogens (primary N) is 1. The van der Waals surface area contributed by atoms with Gasteiger partial charge >= 0.3 is 0 Å². The first-order chi connectivity index (χ1) is 9.43. The maximum absolute atomic E-state index is 13.9. The van der Waals surface area contributed by atoms with Gasteiger partial charge in [0, 0.05) is 11.1 Å². The molecule has 1 aromatic rings. The Morgan fingerprint density at radius 2 is 1.95 bits per heavy atom. The molecule has 1 saturated carbocycles. The molecule has 0 aliphatic heterocycles. The molecule has 20 heavy (non-hydrogen) atoms. The zero-order chi connectivity index (χ0) is 14.8. The Morgan fingerprint density at radius 1 is 1.30 bits per heavy atom. The molecule has 3 heteroatoms. The quantitative estimate of drug-likeness (QED) is 0.817. The van der Waals surface area contributed by atoms with Crippen LogP contribution in [0.15, 0.2) is 18.2 Å². The normalized spacial score (nSPS) is 19.5. The molecule has 0 spiro atoms. The van der Waals surface area contributed by atoms with Crippen molar-refractivity contribution in [3.8, 4) is 0 Å². The van der Waals surface area contributed by atoms with Gasteiger partial charge in [-0.1, -0.05) is 44.4 Å². The standard InChI is InChI=1S/C17H25ClFN/c1-12(2)11-17(7-3-4-8-17)16(20)9-13-5-6-14(18)10-15(13)19/h5-6,10,12,16H,3-4,7-9,11,20H2,1-2H3. The number of rotatable bonds is 5. The Hall–Kier alpha value is -0.600. The molecule has 0 radical (unpaired) electrons. The molecule has 0 aromatic heterocycles. The van der Waals surface area contributed by atoms with Crippen molar-refractivity contribution >= 4 is 11.6 Å². The van der Waals surface area contributed by atoms with E-state index >= 15 is 0 Å². The van der Waals surface area contributed by atoms with E-state index in [1.807, 2.05) is 0 Å². The summed E-state index contributed by atoms with van der Waals surface area (Å²) >= 11 is 5.81. The third-order valence-corrected chi connectivity index (χ3v) is 4.89. The van der Waals surface area contributed by atoms with Crippen LogP contribution in [-0.4, -0.2) is 6.04 Å². The van der Waals surface area contributed by atoms with E-state index < -0.39 is 0 Å². The summed E-state index contributed by atoms with van der Waals surface area (Å²) in [4.78, 5) is 0. The lowest BCUT2D eigenvalue weighted by molar-refractivity contribution is 0.181. The second kappa shape index (κ2) is 6.44. The minimum Gasteiger partial charge on any atom is -0.327 e. The fourth-order valence-electron chi connectivity index (χ4n) is 3.76. The topological polar surface area (TPSA) is 26.0 Å². The van der Waals surface area contributed by atoms with Gasteiger partial charge in [-0.15, -0.1) is 0 Å². The molecular weight excluding hydrogens is 273 g/mol. The van der Waals surface area contributed by atoms with Crippen LogP contribution in [0.25, 0.3) is 0 Å². The van der Waals surface area contributed by atoms with E-state index in [1.54, 1.807) is 12.1 Å². The smallest absolute Gasteiger partial charge is 0.127 e. The van der Waals surface area contributed by atoms with Crippen molar-refractivity contribution in [1.82, 2.24) is 0 Å². The van der Waals surface area contributed by atoms with E-state index in [-0.39, 0.29) is 17.3 Å². The van der Waals surface area contributed by atoms with Gasteiger partial charge < -0.3 is 5.73 Å². The second-order valence-corrected chi connectivity index (χ2v) is 7.15. The number of hydrogen-bond donors (Lipinski definition) is 1. The van der Waals surface area contributed by atoms with Gasteiger partial charge in [0.2, 0.25) is 0 Å². The lowest BCUT2D eigenvalue weighted by Crippen LogP contribution is -2.42. The number of benzene rings is 1. The maximum atomic E-state index is 13.9. The molecule has 1 unspecified atom stereocenters. The first kappa shape index (κ1) is 15.8. The second-order valence-electron chi connectivity index (χ2n) is 6.71. The zero-order valence-corrected chi connectivity index (χ0v) is 13.2. The summed E-state index contributed by atoms with van der Waals surface area (Å²) in [6.07, 6.45) is 6.62. The van der Waals surface area contributed by atoms with Crippen LogP contribution in [0, 0.1) is 17.2 Å². The third kappa shape index (κ3) is 3.53. The molecule has 0 heterocycles. The van der Waals surface area contributed by atoms with Gasteiger partial charge in [-0.05, 0) is 54.7 Å². The molecule has 112 valence electrons. The van der Waals surface area contributed by atoms with Crippen LogP contribution in [0.3, 0.4) is 0 Å². The van der Waals surface area contributed by atoms with Crippen molar-refractivity contribution in [1.29, 1.82) is 0 Å². The van der Waals surface area contributed by atoms with E-state index in [9.17, 15) is 4.39 Å². The monoisotopic (exact) mass is 297 g/mol. The summed E-state index contributed by atoms with van der Waals surface area (Å²) in [5.41, 5.74) is 7.39. The minimum atomic E-state index is -0.231. The Balaban J connectivity index is 2.14. The number of halogens is 2. The molecule has 2 N–H and O–H groups in total. The molecule has 1 aliphatic carbocycles. The van der Waals surface area contributed by atoms with E-state index in [2.05, 4.69) is 13.8 Å². The molecular formula is C17H25ClFN. The first-order valence-electron chi connectivity index (χ1n) is 7.62. The van der Waals surface area contributed by atoms with Crippen molar-refractivity contribution in [2.75, 3.05) is 0 Å². The first-order valence-corrected chi connectivity index (χ1v) is 8.00. The van der Waals surface area contributed by atoms with E-state index in [0.717, 1.165) is 6.42 Å². The van der Waals surface area contributed by atoms with Crippen LogP contribution >= 0.6 is 11.6 Å². The lowest BCUT2D eigenvalue weighted by Gasteiger charge is -2.37. The van der Waals surface area contributed by atoms with Gasteiger partial charge in [-0.25, -0.2) is 4.39 Å². The Labute approximate surface area is 126 Å². The Morgan fingerprint density at radius 3 is 2.50 bits per heavy atom. The summed E-state index contributed by atoms with van der Waals surface area (Å²) in [7, 11) is 0. The predicted octanol–water partition coefficient (Wildman–Crippen LogP) is 4.96. The highest BCUT2D eigenvalue weighted by atomic mass is 35.5. The van der Waals surface area contributed by atoms with Crippen molar-refractivity contribution < 1.29 is 4.39 Å². The van der Waals surface area contributed by atoms with Crippen LogP contribution < -0.4 is 5.73 Å². The summed E-state index contributed by atoms with van der Waals surface area (Å²) in [6.45, 7) is 4.49.